The molecule has 0 spiro atoms. The molecule has 1 unspecified atom stereocenters. The van der Waals surface area contributed by atoms with E-state index in [4.69, 9.17) is 0 Å². The summed E-state index contributed by atoms with van der Waals surface area (Å²) >= 11 is 0. The highest BCUT2D eigenvalue weighted by atomic mass is 19.1. The number of rotatable bonds is 6. The lowest BCUT2D eigenvalue weighted by molar-refractivity contribution is -0.120. The summed E-state index contributed by atoms with van der Waals surface area (Å²) in [6, 6.07) is 7.08. The number of amides is 1. The van der Waals surface area contributed by atoms with Gasteiger partial charge in [-0.25, -0.2) is 4.39 Å². The van der Waals surface area contributed by atoms with E-state index in [1.807, 2.05) is 6.92 Å². The van der Waals surface area contributed by atoms with Gasteiger partial charge in [-0.15, -0.1) is 0 Å². The van der Waals surface area contributed by atoms with Crippen LogP contribution in [0.1, 0.15) is 25.3 Å². The number of halogens is 1. The highest BCUT2D eigenvalue weighted by Gasteiger charge is 2.22. The Hall–Kier alpha value is -1.42. The quantitative estimate of drug-likeness (QED) is 0.805. The molecule has 0 aromatic heterocycles. The van der Waals surface area contributed by atoms with Gasteiger partial charge in [0.1, 0.15) is 5.82 Å². The van der Waals surface area contributed by atoms with Crippen molar-refractivity contribution in [1.82, 2.24) is 10.6 Å². The predicted octanol–water partition coefficient (Wildman–Crippen LogP) is 1.62. The van der Waals surface area contributed by atoms with Crippen LogP contribution in [0.25, 0.3) is 0 Å². The number of benzene rings is 1. The molecule has 2 rings (SSSR count). The maximum atomic E-state index is 12.7. The first-order valence-electron chi connectivity index (χ1n) is 6.40. The first-order valence-corrected chi connectivity index (χ1v) is 6.40. The van der Waals surface area contributed by atoms with Crippen molar-refractivity contribution in [2.45, 2.75) is 38.3 Å². The van der Waals surface area contributed by atoms with Crippen LogP contribution in [0, 0.1) is 5.82 Å². The lowest BCUT2D eigenvalue weighted by atomic mass is 10.1. The third-order valence-electron chi connectivity index (χ3n) is 3.01. The van der Waals surface area contributed by atoms with Gasteiger partial charge in [0, 0.05) is 12.1 Å². The lowest BCUT2D eigenvalue weighted by Crippen LogP contribution is -2.39. The van der Waals surface area contributed by atoms with Gasteiger partial charge < -0.3 is 10.6 Å². The van der Waals surface area contributed by atoms with E-state index in [0.717, 1.165) is 24.8 Å². The zero-order valence-corrected chi connectivity index (χ0v) is 10.6. The van der Waals surface area contributed by atoms with Gasteiger partial charge in [0.15, 0.2) is 0 Å². The fourth-order valence-electron chi connectivity index (χ4n) is 1.82. The van der Waals surface area contributed by atoms with Gasteiger partial charge in [-0.3, -0.25) is 4.79 Å². The summed E-state index contributed by atoms with van der Waals surface area (Å²) in [5.41, 5.74) is 1.07. The van der Waals surface area contributed by atoms with Crippen LogP contribution in [0.15, 0.2) is 24.3 Å². The van der Waals surface area contributed by atoms with Gasteiger partial charge in [-0.1, -0.05) is 12.1 Å². The molecule has 1 amide bonds. The Morgan fingerprint density at radius 1 is 1.39 bits per heavy atom. The maximum absolute atomic E-state index is 12.7. The molecule has 0 heterocycles. The van der Waals surface area contributed by atoms with Crippen LogP contribution in [0.5, 0.6) is 0 Å². The van der Waals surface area contributed by atoms with Gasteiger partial charge in [-0.2, -0.15) is 0 Å². The van der Waals surface area contributed by atoms with E-state index in [0.29, 0.717) is 12.6 Å². The molecule has 1 aliphatic rings. The minimum Gasteiger partial charge on any atom is -0.352 e. The normalized spacial score (nSPS) is 16.3. The van der Waals surface area contributed by atoms with Crippen molar-refractivity contribution in [3.05, 3.63) is 35.6 Å². The maximum Gasteiger partial charge on any atom is 0.234 e. The van der Waals surface area contributed by atoms with Gasteiger partial charge in [0.05, 0.1) is 6.54 Å². The molecule has 1 aromatic rings. The Morgan fingerprint density at radius 3 is 2.67 bits per heavy atom. The fraction of sp³-hybridized carbons (Fsp3) is 0.500. The zero-order valence-electron chi connectivity index (χ0n) is 10.6. The second kappa shape index (κ2) is 5.96. The van der Waals surface area contributed by atoms with Gasteiger partial charge in [0.2, 0.25) is 5.91 Å². The summed E-state index contributed by atoms with van der Waals surface area (Å²) in [5.74, 6) is -0.161. The first-order chi connectivity index (χ1) is 8.63. The van der Waals surface area contributed by atoms with Crippen molar-refractivity contribution in [3.63, 3.8) is 0 Å². The highest BCUT2D eigenvalue weighted by molar-refractivity contribution is 5.78. The van der Waals surface area contributed by atoms with E-state index in [2.05, 4.69) is 10.6 Å². The molecule has 2 N–H and O–H groups in total. The summed E-state index contributed by atoms with van der Waals surface area (Å²) in [5, 5.41) is 6.10. The van der Waals surface area contributed by atoms with Crippen LogP contribution in [0.4, 0.5) is 4.39 Å². The topological polar surface area (TPSA) is 41.1 Å². The Kier molecular flexibility index (Phi) is 4.31. The summed E-state index contributed by atoms with van der Waals surface area (Å²) in [4.78, 5) is 11.5. The van der Waals surface area contributed by atoms with Gasteiger partial charge in [-0.05, 0) is 43.9 Å². The molecular formula is C14H19FN2O. The summed E-state index contributed by atoms with van der Waals surface area (Å²) in [6.45, 7) is 2.37. The Balaban J connectivity index is 1.69. The summed E-state index contributed by atoms with van der Waals surface area (Å²) in [6.07, 6.45) is 3.00. The molecule has 3 nitrogen and oxygen atoms in total. The van der Waals surface area contributed by atoms with Crippen LogP contribution >= 0.6 is 0 Å². The Morgan fingerprint density at radius 2 is 2.06 bits per heavy atom. The molecule has 1 fully saturated rings. The molecule has 1 aromatic carbocycles. The number of carbonyl (C=O) groups excluding carboxylic acids is 1. The van der Waals surface area contributed by atoms with Crippen molar-refractivity contribution >= 4 is 5.91 Å². The number of hydrogen-bond acceptors (Lipinski definition) is 2. The van der Waals surface area contributed by atoms with Crippen molar-refractivity contribution in [1.29, 1.82) is 0 Å². The average molecular weight is 250 g/mol. The minimum absolute atomic E-state index is 0.0588. The summed E-state index contributed by atoms with van der Waals surface area (Å²) < 4.78 is 12.7. The fourth-order valence-corrected chi connectivity index (χ4v) is 1.82. The second-order valence-electron chi connectivity index (χ2n) is 4.95. The first kappa shape index (κ1) is 13.0. The zero-order chi connectivity index (χ0) is 13.0. The van der Waals surface area contributed by atoms with Crippen molar-refractivity contribution in [3.8, 4) is 0 Å². The summed E-state index contributed by atoms with van der Waals surface area (Å²) in [7, 11) is 0. The number of hydrogen-bond donors (Lipinski definition) is 2. The SMILES string of the molecule is CC(Cc1ccc(F)cc1)NCC(=O)NC1CC1. The minimum atomic E-state index is -0.219. The predicted molar refractivity (Wildman–Crippen MR) is 68.7 cm³/mol. The molecule has 0 saturated heterocycles. The van der Waals surface area contributed by atoms with Gasteiger partial charge in [0.25, 0.3) is 0 Å². The molecule has 0 bridgehead atoms. The van der Waals surface area contributed by atoms with Crippen molar-refractivity contribution < 1.29 is 9.18 Å². The smallest absolute Gasteiger partial charge is 0.234 e. The van der Waals surface area contributed by atoms with E-state index in [1.54, 1.807) is 12.1 Å². The molecule has 0 aliphatic heterocycles. The molecule has 1 atom stereocenters. The molecule has 98 valence electrons. The monoisotopic (exact) mass is 250 g/mol. The molecule has 4 heteroatoms. The van der Waals surface area contributed by atoms with E-state index >= 15 is 0 Å². The molecule has 1 aliphatic carbocycles. The van der Waals surface area contributed by atoms with Crippen LogP contribution in [0.3, 0.4) is 0 Å². The molecule has 18 heavy (non-hydrogen) atoms. The Bertz CT molecular complexity index is 401. The molecular weight excluding hydrogens is 231 g/mol. The highest BCUT2D eigenvalue weighted by Crippen LogP contribution is 2.18. The van der Waals surface area contributed by atoms with Crippen LogP contribution in [-0.2, 0) is 11.2 Å². The van der Waals surface area contributed by atoms with E-state index < -0.39 is 0 Å². The van der Waals surface area contributed by atoms with E-state index in [9.17, 15) is 9.18 Å². The Labute approximate surface area is 107 Å². The second-order valence-corrected chi connectivity index (χ2v) is 4.95. The largest absolute Gasteiger partial charge is 0.352 e. The van der Waals surface area contributed by atoms with Crippen LogP contribution in [0.2, 0.25) is 0 Å². The van der Waals surface area contributed by atoms with E-state index in [1.165, 1.54) is 12.1 Å². The average Bonchev–Trinajstić information content (AvgIpc) is 3.13. The van der Waals surface area contributed by atoms with Gasteiger partial charge >= 0.3 is 0 Å². The molecule has 0 radical (unpaired) electrons. The van der Waals surface area contributed by atoms with Crippen molar-refractivity contribution in [2.24, 2.45) is 0 Å². The number of carbonyl (C=O) groups is 1. The van der Waals surface area contributed by atoms with Crippen LogP contribution < -0.4 is 10.6 Å². The lowest BCUT2D eigenvalue weighted by Gasteiger charge is -2.13. The molecule has 1 saturated carbocycles. The third kappa shape index (κ3) is 4.45. The van der Waals surface area contributed by atoms with E-state index in [-0.39, 0.29) is 17.8 Å². The number of nitrogens with one attached hydrogen (secondary N) is 2. The van der Waals surface area contributed by atoms with Crippen LogP contribution in [-0.4, -0.2) is 24.5 Å². The third-order valence-corrected chi connectivity index (χ3v) is 3.01. The van der Waals surface area contributed by atoms with Crippen molar-refractivity contribution in [2.75, 3.05) is 6.54 Å². The standard InChI is InChI=1S/C14H19FN2O/c1-10(8-11-2-4-12(15)5-3-11)16-9-14(18)17-13-6-7-13/h2-5,10,13,16H,6-9H2,1H3,(H,17,18).